The molecule has 0 radical (unpaired) electrons. The van der Waals surface area contributed by atoms with Gasteiger partial charge in [0.15, 0.2) is 0 Å². The maximum Gasteiger partial charge on any atom is 0.0738 e. The average molecular weight is 312 g/mol. The Morgan fingerprint density at radius 2 is 2.22 bits per heavy atom. The summed E-state index contributed by atoms with van der Waals surface area (Å²) in [5, 5.41) is 8.63. The molecule has 6 heteroatoms. The van der Waals surface area contributed by atoms with Crippen LogP contribution in [0.5, 0.6) is 0 Å². The molecule has 1 unspecified atom stereocenters. The molecule has 1 atom stereocenters. The van der Waals surface area contributed by atoms with Gasteiger partial charge < -0.3 is 5.73 Å². The highest BCUT2D eigenvalue weighted by molar-refractivity contribution is 9.10. The lowest BCUT2D eigenvalue weighted by molar-refractivity contribution is 0.586. The van der Waals surface area contributed by atoms with Crippen molar-refractivity contribution in [3.63, 3.8) is 0 Å². The topological polar surface area (TPSA) is 61.7 Å². The molecule has 0 saturated heterocycles. The molecule has 5 nitrogen and oxygen atoms in total. The van der Waals surface area contributed by atoms with Gasteiger partial charge in [-0.2, -0.15) is 10.2 Å². The summed E-state index contributed by atoms with van der Waals surface area (Å²) in [6.07, 6.45) is 4.52. The van der Waals surface area contributed by atoms with Crippen LogP contribution in [0, 0.1) is 6.92 Å². The lowest BCUT2D eigenvalue weighted by atomic mass is 10.1. The van der Waals surface area contributed by atoms with Gasteiger partial charge in [0, 0.05) is 37.8 Å². The summed E-state index contributed by atoms with van der Waals surface area (Å²) in [5.74, 6) is 0. The lowest BCUT2D eigenvalue weighted by Crippen LogP contribution is -2.16. The first-order valence-corrected chi connectivity index (χ1v) is 6.78. The van der Waals surface area contributed by atoms with Gasteiger partial charge in [-0.25, -0.2) is 0 Å². The molecule has 2 heterocycles. The zero-order valence-corrected chi connectivity index (χ0v) is 12.5. The van der Waals surface area contributed by atoms with Crippen LogP contribution in [0.25, 0.3) is 0 Å². The van der Waals surface area contributed by atoms with Gasteiger partial charge >= 0.3 is 0 Å². The fourth-order valence-corrected chi connectivity index (χ4v) is 2.47. The largest absolute Gasteiger partial charge is 0.324 e. The Labute approximate surface area is 115 Å². The predicted molar refractivity (Wildman–Crippen MR) is 74.2 cm³/mol. The molecule has 2 N–H and O–H groups in total. The SMILES string of the molecule is CCn1nc(C)c(Br)c1CC(N)c1cnn(C)c1. The number of halogens is 1. The van der Waals surface area contributed by atoms with E-state index in [0.29, 0.717) is 0 Å². The molecule has 2 aromatic rings. The van der Waals surface area contributed by atoms with Gasteiger partial charge in [0.1, 0.15) is 0 Å². The molecule has 0 spiro atoms. The van der Waals surface area contributed by atoms with E-state index in [0.717, 1.165) is 34.4 Å². The molecule has 0 fully saturated rings. The molecular formula is C12H18BrN5. The second-order valence-electron chi connectivity index (χ2n) is 4.42. The normalized spacial score (nSPS) is 12.9. The summed E-state index contributed by atoms with van der Waals surface area (Å²) >= 11 is 3.59. The summed E-state index contributed by atoms with van der Waals surface area (Å²) in [6, 6.07) is -0.0589. The zero-order chi connectivity index (χ0) is 13.3. The predicted octanol–water partition coefficient (Wildman–Crippen LogP) is 1.95. The molecule has 0 bridgehead atoms. The zero-order valence-electron chi connectivity index (χ0n) is 10.9. The van der Waals surface area contributed by atoms with E-state index >= 15 is 0 Å². The quantitative estimate of drug-likeness (QED) is 0.938. The molecule has 18 heavy (non-hydrogen) atoms. The third-order valence-corrected chi connectivity index (χ3v) is 4.05. The highest BCUT2D eigenvalue weighted by Gasteiger charge is 2.17. The van der Waals surface area contributed by atoms with Gasteiger partial charge in [0.2, 0.25) is 0 Å². The number of rotatable bonds is 4. The first-order chi connectivity index (χ1) is 8.52. The van der Waals surface area contributed by atoms with Gasteiger partial charge in [0.05, 0.1) is 22.1 Å². The van der Waals surface area contributed by atoms with Crippen molar-refractivity contribution in [1.82, 2.24) is 19.6 Å². The number of hydrogen-bond donors (Lipinski definition) is 1. The van der Waals surface area contributed by atoms with Crippen LogP contribution in [0.2, 0.25) is 0 Å². The molecule has 0 amide bonds. The van der Waals surface area contributed by atoms with E-state index in [9.17, 15) is 0 Å². The number of aryl methyl sites for hydroxylation is 3. The summed E-state index contributed by atoms with van der Waals surface area (Å²) in [7, 11) is 1.90. The molecule has 0 aliphatic heterocycles. The van der Waals surface area contributed by atoms with Crippen molar-refractivity contribution in [3.05, 3.63) is 33.8 Å². The smallest absolute Gasteiger partial charge is 0.0738 e. The van der Waals surface area contributed by atoms with Gasteiger partial charge in [-0.3, -0.25) is 9.36 Å². The molecule has 2 rings (SSSR count). The maximum atomic E-state index is 6.23. The Morgan fingerprint density at radius 1 is 1.50 bits per heavy atom. The monoisotopic (exact) mass is 311 g/mol. The van der Waals surface area contributed by atoms with Crippen LogP contribution in [0.4, 0.5) is 0 Å². The molecule has 0 saturated carbocycles. The van der Waals surface area contributed by atoms with Crippen molar-refractivity contribution >= 4 is 15.9 Å². The van der Waals surface area contributed by atoms with Gasteiger partial charge in [0.25, 0.3) is 0 Å². The molecule has 0 aliphatic rings. The van der Waals surface area contributed by atoms with E-state index in [2.05, 4.69) is 33.1 Å². The number of hydrogen-bond acceptors (Lipinski definition) is 3. The first kappa shape index (κ1) is 13.3. The van der Waals surface area contributed by atoms with Crippen molar-refractivity contribution in [1.29, 1.82) is 0 Å². The Balaban J connectivity index is 2.23. The molecular weight excluding hydrogens is 294 g/mol. The van der Waals surface area contributed by atoms with E-state index in [1.807, 2.05) is 31.0 Å². The van der Waals surface area contributed by atoms with Crippen molar-refractivity contribution in [2.75, 3.05) is 0 Å². The van der Waals surface area contributed by atoms with E-state index in [-0.39, 0.29) is 6.04 Å². The molecule has 0 aliphatic carbocycles. The fraction of sp³-hybridized carbons (Fsp3) is 0.500. The minimum absolute atomic E-state index is 0.0589. The lowest BCUT2D eigenvalue weighted by Gasteiger charge is -2.11. The third kappa shape index (κ3) is 2.49. The van der Waals surface area contributed by atoms with Crippen molar-refractivity contribution in [3.8, 4) is 0 Å². The van der Waals surface area contributed by atoms with Gasteiger partial charge in [-0.1, -0.05) is 0 Å². The number of aromatic nitrogens is 4. The summed E-state index contributed by atoms with van der Waals surface area (Å²) in [6.45, 7) is 4.93. The van der Waals surface area contributed by atoms with E-state index in [1.165, 1.54) is 0 Å². The van der Waals surface area contributed by atoms with Crippen molar-refractivity contribution in [2.45, 2.75) is 32.9 Å². The minimum Gasteiger partial charge on any atom is -0.324 e. The van der Waals surface area contributed by atoms with E-state index in [1.54, 1.807) is 4.68 Å². The minimum atomic E-state index is -0.0589. The van der Waals surface area contributed by atoms with E-state index in [4.69, 9.17) is 5.73 Å². The highest BCUT2D eigenvalue weighted by Crippen LogP contribution is 2.25. The molecule has 98 valence electrons. The second kappa shape index (κ2) is 5.24. The first-order valence-electron chi connectivity index (χ1n) is 5.98. The number of nitrogens with zero attached hydrogens (tertiary/aromatic N) is 4. The van der Waals surface area contributed by atoms with Crippen LogP contribution in [0.3, 0.4) is 0 Å². The fourth-order valence-electron chi connectivity index (χ4n) is 2.02. The second-order valence-corrected chi connectivity index (χ2v) is 5.21. The van der Waals surface area contributed by atoms with Crippen LogP contribution < -0.4 is 5.73 Å². The average Bonchev–Trinajstić information content (AvgIpc) is 2.88. The van der Waals surface area contributed by atoms with Gasteiger partial charge in [-0.15, -0.1) is 0 Å². The summed E-state index contributed by atoms with van der Waals surface area (Å²) in [4.78, 5) is 0. The molecule has 0 aromatic carbocycles. The molecule has 2 aromatic heterocycles. The van der Waals surface area contributed by atoms with Crippen LogP contribution in [0.1, 0.15) is 29.9 Å². The Morgan fingerprint density at radius 3 is 2.78 bits per heavy atom. The van der Waals surface area contributed by atoms with Crippen LogP contribution in [-0.2, 0) is 20.0 Å². The van der Waals surface area contributed by atoms with Crippen LogP contribution >= 0.6 is 15.9 Å². The Bertz CT molecular complexity index is 543. The van der Waals surface area contributed by atoms with Gasteiger partial charge in [-0.05, 0) is 29.8 Å². The van der Waals surface area contributed by atoms with Crippen LogP contribution in [0.15, 0.2) is 16.9 Å². The summed E-state index contributed by atoms with van der Waals surface area (Å²) < 4.78 is 4.83. The summed E-state index contributed by atoms with van der Waals surface area (Å²) in [5.41, 5.74) is 9.42. The van der Waals surface area contributed by atoms with Crippen LogP contribution in [-0.4, -0.2) is 19.6 Å². The maximum absolute atomic E-state index is 6.23. The van der Waals surface area contributed by atoms with E-state index < -0.39 is 0 Å². The number of nitrogens with two attached hydrogens (primary N) is 1. The standard InChI is InChI=1S/C12H18BrN5/c1-4-18-11(12(13)8(2)16-18)5-10(14)9-6-15-17(3)7-9/h6-7,10H,4-5,14H2,1-3H3. The Hall–Kier alpha value is -1.14. The van der Waals surface area contributed by atoms with Crippen molar-refractivity contribution in [2.24, 2.45) is 12.8 Å². The highest BCUT2D eigenvalue weighted by atomic mass is 79.9. The van der Waals surface area contributed by atoms with Crippen molar-refractivity contribution < 1.29 is 0 Å². The third-order valence-electron chi connectivity index (χ3n) is 3.02. The Kier molecular flexibility index (Phi) is 3.87.